The zero-order valence-corrected chi connectivity index (χ0v) is 16.0. The predicted octanol–water partition coefficient (Wildman–Crippen LogP) is 4.70. The maximum atomic E-state index is 11.1. The third-order valence-electron chi connectivity index (χ3n) is 3.44. The van der Waals surface area contributed by atoms with Gasteiger partial charge in [-0.2, -0.15) is 8.42 Å². The van der Waals surface area contributed by atoms with E-state index in [1.807, 2.05) is 25.1 Å². The van der Waals surface area contributed by atoms with Gasteiger partial charge in [0.25, 0.3) is 10.1 Å². The molecule has 3 aromatic rings. The summed E-state index contributed by atoms with van der Waals surface area (Å²) in [6, 6.07) is 9.06. The minimum atomic E-state index is -3.53. The molecule has 0 spiro atoms. The van der Waals surface area contributed by atoms with Crippen molar-refractivity contribution in [3.05, 3.63) is 51.0 Å². The topological polar surface area (TPSA) is 69.4 Å². The molecule has 0 aliphatic rings. The Hall–Kier alpha value is -1.41. The van der Waals surface area contributed by atoms with Crippen LogP contribution in [0.3, 0.4) is 0 Å². The zero-order chi connectivity index (χ0) is 17.5. The summed E-state index contributed by atoms with van der Waals surface area (Å²) in [5, 5.41) is 0.353. The summed E-state index contributed by atoms with van der Waals surface area (Å²) in [5.74, 6) is 0.451. The van der Waals surface area contributed by atoms with Crippen LogP contribution < -0.4 is 0 Å². The van der Waals surface area contributed by atoms with Gasteiger partial charge in [0.2, 0.25) is 5.89 Å². The number of aromatic nitrogens is 1. The van der Waals surface area contributed by atoms with Crippen LogP contribution in [-0.4, -0.2) is 19.7 Å². The molecule has 0 atom stereocenters. The molecule has 0 fully saturated rings. The Labute approximate surface area is 152 Å². The van der Waals surface area contributed by atoms with E-state index in [4.69, 9.17) is 20.2 Å². The molecule has 8 heteroatoms. The second-order valence-electron chi connectivity index (χ2n) is 5.32. The highest BCUT2D eigenvalue weighted by atomic mass is 79.9. The first-order chi connectivity index (χ1) is 11.2. The van der Waals surface area contributed by atoms with Gasteiger partial charge in [0, 0.05) is 10.0 Å². The third kappa shape index (κ3) is 3.64. The van der Waals surface area contributed by atoms with Gasteiger partial charge in [0.05, 0.1) is 17.9 Å². The summed E-state index contributed by atoms with van der Waals surface area (Å²) in [4.78, 5) is 4.47. The fraction of sp³-hybridized carbons (Fsp3) is 0.188. The highest BCUT2D eigenvalue weighted by molar-refractivity contribution is 9.10. The van der Waals surface area contributed by atoms with Crippen LogP contribution in [0.15, 0.2) is 39.2 Å². The Kier molecular flexibility index (Phi) is 4.70. The van der Waals surface area contributed by atoms with Gasteiger partial charge < -0.3 is 4.42 Å². The van der Waals surface area contributed by atoms with Gasteiger partial charge in [0.15, 0.2) is 5.58 Å². The van der Waals surface area contributed by atoms with E-state index in [1.165, 1.54) is 0 Å². The number of halogens is 2. The molecule has 0 aliphatic carbocycles. The number of fused-ring (bicyclic) bond motifs is 1. The molecular formula is C16H13BrClNO4S. The summed E-state index contributed by atoms with van der Waals surface area (Å²) >= 11 is 9.72. The standard InChI is InChI=1S/C16H13BrClNO4S/c1-9-11(4-3-5-12(9)17)16-19-14-7-10(8-22-24(2,20)21)6-13(18)15(14)23-16/h3-7H,8H2,1-2H3. The van der Waals surface area contributed by atoms with E-state index in [9.17, 15) is 8.42 Å². The van der Waals surface area contributed by atoms with Crippen LogP contribution in [0.25, 0.3) is 22.6 Å². The molecule has 3 rings (SSSR count). The quantitative estimate of drug-likeness (QED) is 0.561. The monoisotopic (exact) mass is 429 g/mol. The fourth-order valence-corrected chi connectivity index (χ4v) is 3.25. The van der Waals surface area contributed by atoms with Crippen molar-refractivity contribution in [3.8, 4) is 11.5 Å². The normalized spacial score (nSPS) is 12.0. The van der Waals surface area contributed by atoms with Crippen LogP contribution in [-0.2, 0) is 20.9 Å². The first-order valence-electron chi connectivity index (χ1n) is 6.93. The van der Waals surface area contributed by atoms with Crippen molar-refractivity contribution in [3.63, 3.8) is 0 Å². The summed E-state index contributed by atoms with van der Waals surface area (Å²) in [6.45, 7) is 1.86. The molecule has 24 heavy (non-hydrogen) atoms. The van der Waals surface area contributed by atoms with Gasteiger partial charge in [-0.05, 0) is 42.3 Å². The highest BCUT2D eigenvalue weighted by Gasteiger charge is 2.15. The van der Waals surface area contributed by atoms with Crippen LogP contribution in [0.5, 0.6) is 0 Å². The lowest BCUT2D eigenvalue weighted by Gasteiger charge is -2.02. The molecule has 0 aliphatic heterocycles. The van der Waals surface area contributed by atoms with Gasteiger partial charge in [-0.3, -0.25) is 4.18 Å². The van der Waals surface area contributed by atoms with Crippen LogP contribution in [0.1, 0.15) is 11.1 Å². The SMILES string of the molecule is Cc1c(Br)cccc1-c1nc2cc(COS(C)(=O)=O)cc(Cl)c2o1. The van der Waals surface area contributed by atoms with Crippen molar-refractivity contribution in [2.75, 3.05) is 6.26 Å². The van der Waals surface area contributed by atoms with Gasteiger partial charge in [-0.15, -0.1) is 0 Å². The molecule has 1 aromatic heterocycles. The van der Waals surface area contributed by atoms with Gasteiger partial charge in [-0.25, -0.2) is 4.98 Å². The lowest BCUT2D eigenvalue weighted by Crippen LogP contribution is -2.02. The number of oxazole rings is 1. The third-order valence-corrected chi connectivity index (χ3v) is 5.13. The molecule has 0 bridgehead atoms. The van der Waals surface area contributed by atoms with E-state index >= 15 is 0 Å². The molecule has 0 N–H and O–H groups in total. The van der Waals surface area contributed by atoms with Crippen molar-refractivity contribution in [1.82, 2.24) is 4.98 Å². The van der Waals surface area contributed by atoms with Crippen LogP contribution in [0, 0.1) is 6.92 Å². The molecule has 0 radical (unpaired) electrons. The average Bonchev–Trinajstić information content (AvgIpc) is 2.92. The van der Waals surface area contributed by atoms with Crippen LogP contribution in [0.2, 0.25) is 5.02 Å². The molecule has 0 saturated heterocycles. The zero-order valence-electron chi connectivity index (χ0n) is 12.8. The Morgan fingerprint density at radius 1 is 1.33 bits per heavy atom. The maximum absolute atomic E-state index is 11.1. The molecular weight excluding hydrogens is 418 g/mol. The minimum Gasteiger partial charge on any atom is -0.434 e. The Morgan fingerprint density at radius 2 is 2.08 bits per heavy atom. The van der Waals surface area contributed by atoms with Gasteiger partial charge in [0.1, 0.15) is 5.52 Å². The summed E-state index contributed by atoms with van der Waals surface area (Å²) < 4.78 is 33.8. The first kappa shape index (κ1) is 17.4. The largest absolute Gasteiger partial charge is 0.434 e. The van der Waals surface area contributed by atoms with E-state index < -0.39 is 10.1 Å². The summed E-state index contributed by atoms with van der Waals surface area (Å²) in [7, 11) is -3.53. The molecule has 0 amide bonds. The Morgan fingerprint density at radius 3 is 2.79 bits per heavy atom. The Bertz CT molecular complexity index is 1030. The smallest absolute Gasteiger partial charge is 0.264 e. The molecule has 1 heterocycles. The second-order valence-corrected chi connectivity index (χ2v) is 8.23. The average molecular weight is 431 g/mol. The summed E-state index contributed by atoms with van der Waals surface area (Å²) in [6.07, 6.45) is 0.997. The van der Waals surface area contributed by atoms with E-state index in [1.54, 1.807) is 12.1 Å². The first-order valence-corrected chi connectivity index (χ1v) is 9.92. The van der Waals surface area contributed by atoms with E-state index in [2.05, 4.69) is 20.9 Å². The molecule has 0 unspecified atom stereocenters. The lowest BCUT2D eigenvalue weighted by atomic mass is 10.1. The second kappa shape index (κ2) is 6.48. The van der Waals surface area contributed by atoms with Crippen molar-refractivity contribution in [1.29, 1.82) is 0 Å². The number of hydrogen-bond donors (Lipinski definition) is 0. The maximum Gasteiger partial charge on any atom is 0.264 e. The molecule has 126 valence electrons. The number of nitrogens with zero attached hydrogens (tertiary/aromatic N) is 1. The predicted molar refractivity (Wildman–Crippen MR) is 96.5 cm³/mol. The van der Waals surface area contributed by atoms with Crippen LogP contribution >= 0.6 is 27.5 Å². The number of hydrogen-bond acceptors (Lipinski definition) is 5. The molecule has 0 saturated carbocycles. The van der Waals surface area contributed by atoms with Gasteiger partial charge in [-0.1, -0.05) is 33.6 Å². The minimum absolute atomic E-state index is 0.105. The van der Waals surface area contributed by atoms with E-state index in [0.717, 1.165) is 21.9 Å². The molecule has 2 aromatic carbocycles. The van der Waals surface area contributed by atoms with Gasteiger partial charge >= 0.3 is 0 Å². The number of rotatable bonds is 4. The van der Waals surface area contributed by atoms with Crippen molar-refractivity contribution in [2.24, 2.45) is 0 Å². The van der Waals surface area contributed by atoms with E-state index in [0.29, 0.717) is 27.6 Å². The fourth-order valence-electron chi connectivity index (χ4n) is 2.26. The van der Waals surface area contributed by atoms with Crippen molar-refractivity contribution in [2.45, 2.75) is 13.5 Å². The summed E-state index contributed by atoms with van der Waals surface area (Å²) in [5.41, 5.74) is 3.45. The van der Waals surface area contributed by atoms with Crippen molar-refractivity contribution >= 4 is 48.7 Å². The van der Waals surface area contributed by atoms with E-state index in [-0.39, 0.29) is 6.61 Å². The molecule has 5 nitrogen and oxygen atoms in total. The number of benzene rings is 2. The van der Waals surface area contributed by atoms with Crippen molar-refractivity contribution < 1.29 is 17.0 Å². The lowest BCUT2D eigenvalue weighted by molar-refractivity contribution is 0.312. The Balaban J connectivity index is 2.05. The highest BCUT2D eigenvalue weighted by Crippen LogP contribution is 2.33. The van der Waals surface area contributed by atoms with Crippen LogP contribution in [0.4, 0.5) is 0 Å².